The second kappa shape index (κ2) is 7.24. The Labute approximate surface area is 108 Å². The third-order valence-electron chi connectivity index (χ3n) is 3.77. The lowest BCUT2D eigenvalue weighted by Crippen LogP contribution is -2.49. The predicted molar refractivity (Wildman–Crippen MR) is 69.4 cm³/mol. The number of hydrogen-bond donors (Lipinski definition) is 3. The van der Waals surface area contributed by atoms with Crippen molar-refractivity contribution in [2.75, 3.05) is 0 Å². The Hall–Kier alpha value is -1.26. The summed E-state index contributed by atoms with van der Waals surface area (Å²) < 4.78 is 0. The fraction of sp³-hybridized carbons (Fsp3) is 0.846. The summed E-state index contributed by atoms with van der Waals surface area (Å²) in [5.41, 5.74) is 0. The van der Waals surface area contributed by atoms with Gasteiger partial charge in [0, 0.05) is 6.04 Å². The van der Waals surface area contributed by atoms with Gasteiger partial charge >= 0.3 is 12.0 Å². The third kappa shape index (κ3) is 4.55. The Balaban J connectivity index is 2.30. The summed E-state index contributed by atoms with van der Waals surface area (Å²) in [6.45, 7) is 3.94. The lowest BCUT2D eigenvalue weighted by molar-refractivity contribution is -0.139. The van der Waals surface area contributed by atoms with E-state index in [1.807, 2.05) is 0 Å². The largest absolute Gasteiger partial charge is 0.480 e. The molecule has 5 heteroatoms. The number of carboxylic acids is 1. The molecule has 1 rings (SSSR count). The van der Waals surface area contributed by atoms with Crippen LogP contribution in [-0.4, -0.2) is 29.2 Å². The van der Waals surface area contributed by atoms with E-state index in [-0.39, 0.29) is 12.1 Å². The van der Waals surface area contributed by atoms with Crippen molar-refractivity contribution < 1.29 is 14.7 Å². The standard InChI is InChI=1S/C13H24N2O3/c1-3-9-5-7-10(8-6-9)14-13(18)15-11(4-2)12(16)17/h9-11H,3-8H2,1-2H3,(H,16,17)(H2,14,15,18)/t9?,10?,11-/m0/s1. The maximum absolute atomic E-state index is 11.7. The minimum absolute atomic E-state index is 0.194. The molecular formula is C13H24N2O3. The van der Waals surface area contributed by atoms with Crippen molar-refractivity contribution in [3.05, 3.63) is 0 Å². The molecular weight excluding hydrogens is 232 g/mol. The topological polar surface area (TPSA) is 78.4 Å². The van der Waals surface area contributed by atoms with Crippen LogP contribution in [-0.2, 0) is 4.79 Å². The van der Waals surface area contributed by atoms with Gasteiger partial charge in [-0.25, -0.2) is 9.59 Å². The molecule has 1 fully saturated rings. The second-order valence-corrected chi connectivity index (χ2v) is 5.04. The molecule has 0 saturated heterocycles. The van der Waals surface area contributed by atoms with Crippen LogP contribution in [0.3, 0.4) is 0 Å². The van der Waals surface area contributed by atoms with Gasteiger partial charge in [0.15, 0.2) is 0 Å². The Morgan fingerprint density at radius 3 is 2.28 bits per heavy atom. The summed E-state index contributed by atoms with van der Waals surface area (Å²) in [5, 5.41) is 14.2. The number of carbonyl (C=O) groups excluding carboxylic acids is 1. The van der Waals surface area contributed by atoms with Crippen LogP contribution in [0.1, 0.15) is 52.4 Å². The van der Waals surface area contributed by atoms with Gasteiger partial charge in [-0.2, -0.15) is 0 Å². The number of nitrogens with one attached hydrogen (secondary N) is 2. The number of rotatable bonds is 5. The van der Waals surface area contributed by atoms with Crippen molar-refractivity contribution in [1.82, 2.24) is 10.6 Å². The molecule has 5 nitrogen and oxygen atoms in total. The molecule has 2 amide bonds. The molecule has 0 aromatic rings. The van der Waals surface area contributed by atoms with Crippen molar-refractivity contribution in [3.63, 3.8) is 0 Å². The molecule has 0 aliphatic heterocycles. The van der Waals surface area contributed by atoms with Crippen LogP contribution in [0.25, 0.3) is 0 Å². The van der Waals surface area contributed by atoms with Crippen molar-refractivity contribution in [2.24, 2.45) is 5.92 Å². The van der Waals surface area contributed by atoms with Gasteiger partial charge in [-0.15, -0.1) is 0 Å². The number of carbonyl (C=O) groups is 2. The molecule has 0 aromatic carbocycles. The van der Waals surface area contributed by atoms with E-state index in [0.29, 0.717) is 6.42 Å². The molecule has 0 radical (unpaired) electrons. The molecule has 18 heavy (non-hydrogen) atoms. The van der Waals surface area contributed by atoms with Crippen LogP contribution in [0.4, 0.5) is 4.79 Å². The average Bonchev–Trinajstić information content (AvgIpc) is 2.36. The lowest BCUT2D eigenvalue weighted by atomic mass is 9.85. The number of hydrogen-bond acceptors (Lipinski definition) is 2. The summed E-state index contributed by atoms with van der Waals surface area (Å²) in [7, 11) is 0. The van der Waals surface area contributed by atoms with E-state index in [0.717, 1.165) is 31.6 Å². The molecule has 0 unspecified atom stereocenters. The van der Waals surface area contributed by atoms with E-state index in [4.69, 9.17) is 5.11 Å². The quantitative estimate of drug-likeness (QED) is 0.705. The minimum Gasteiger partial charge on any atom is -0.480 e. The van der Waals surface area contributed by atoms with Crippen molar-refractivity contribution in [3.8, 4) is 0 Å². The van der Waals surface area contributed by atoms with Gasteiger partial charge < -0.3 is 15.7 Å². The van der Waals surface area contributed by atoms with Crippen LogP contribution >= 0.6 is 0 Å². The van der Waals surface area contributed by atoms with Crippen LogP contribution < -0.4 is 10.6 Å². The smallest absolute Gasteiger partial charge is 0.326 e. The summed E-state index contributed by atoms with van der Waals surface area (Å²) in [6.07, 6.45) is 5.89. The fourth-order valence-electron chi connectivity index (χ4n) is 2.44. The molecule has 0 bridgehead atoms. The SMILES string of the molecule is CCC1CCC(NC(=O)N[C@@H](CC)C(=O)O)CC1. The molecule has 104 valence electrons. The summed E-state index contributed by atoms with van der Waals surface area (Å²) in [4.78, 5) is 22.4. The molecule has 1 aliphatic rings. The first-order valence-corrected chi connectivity index (χ1v) is 6.86. The molecule has 1 aliphatic carbocycles. The zero-order valence-electron chi connectivity index (χ0n) is 11.2. The van der Waals surface area contributed by atoms with E-state index >= 15 is 0 Å². The van der Waals surface area contributed by atoms with Gasteiger partial charge in [0.2, 0.25) is 0 Å². The van der Waals surface area contributed by atoms with Gasteiger partial charge in [-0.3, -0.25) is 0 Å². The first-order valence-electron chi connectivity index (χ1n) is 6.86. The average molecular weight is 256 g/mol. The Bertz CT molecular complexity index is 286. The molecule has 1 atom stereocenters. The summed E-state index contributed by atoms with van der Waals surface area (Å²) >= 11 is 0. The van der Waals surface area contributed by atoms with E-state index in [1.165, 1.54) is 6.42 Å². The summed E-state index contributed by atoms with van der Waals surface area (Å²) in [6, 6.07) is -0.958. The Morgan fingerprint density at radius 2 is 1.83 bits per heavy atom. The highest BCUT2D eigenvalue weighted by Crippen LogP contribution is 2.26. The maximum Gasteiger partial charge on any atom is 0.326 e. The number of aliphatic carboxylic acids is 1. The first-order chi connectivity index (χ1) is 8.56. The third-order valence-corrected chi connectivity index (χ3v) is 3.77. The highest BCUT2D eigenvalue weighted by Gasteiger charge is 2.23. The Morgan fingerprint density at radius 1 is 1.22 bits per heavy atom. The van der Waals surface area contributed by atoms with E-state index in [9.17, 15) is 9.59 Å². The zero-order valence-corrected chi connectivity index (χ0v) is 11.2. The second-order valence-electron chi connectivity index (χ2n) is 5.04. The van der Waals surface area contributed by atoms with Crippen LogP contribution in [0.5, 0.6) is 0 Å². The van der Waals surface area contributed by atoms with E-state index in [2.05, 4.69) is 17.6 Å². The van der Waals surface area contributed by atoms with E-state index < -0.39 is 12.0 Å². The van der Waals surface area contributed by atoms with Crippen molar-refractivity contribution in [2.45, 2.75) is 64.5 Å². The zero-order chi connectivity index (χ0) is 13.5. The molecule has 0 heterocycles. The fourth-order valence-corrected chi connectivity index (χ4v) is 2.44. The molecule has 3 N–H and O–H groups in total. The van der Waals surface area contributed by atoms with Gasteiger partial charge in [0.1, 0.15) is 6.04 Å². The normalized spacial score (nSPS) is 25.2. The minimum atomic E-state index is -0.984. The van der Waals surface area contributed by atoms with Crippen molar-refractivity contribution >= 4 is 12.0 Å². The number of urea groups is 1. The van der Waals surface area contributed by atoms with Gasteiger partial charge in [0.05, 0.1) is 0 Å². The van der Waals surface area contributed by atoms with Crippen LogP contribution in [0.2, 0.25) is 0 Å². The lowest BCUT2D eigenvalue weighted by Gasteiger charge is -2.28. The molecule has 1 saturated carbocycles. The summed E-state index contributed by atoms with van der Waals surface area (Å²) in [5.74, 6) is -0.198. The number of amides is 2. The highest BCUT2D eigenvalue weighted by molar-refractivity contribution is 5.82. The highest BCUT2D eigenvalue weighted by atomic mass is 16.4. The van der Waals surface area contributed by atoms with Crippen molar-refractivity contribution in [1.29, 1.82) is 0 Å². The maximum atomic E-state index is 11.7. The Kier molecular flexibility index (Phi) is 5.95. The van der Waals surface area contributed by atoms with Gasteiger partial charge in [-0.05, 0) is 38.0 Å². The van der Waals surface area contributed by atoms with Crippen LogP contribution in [0, 0.1) is 5.92 Å². The first kappa shape index (κ1) is 14.8. The monoisotopic (exact) mass is 256 g/mol. The van der Waals surface area contributed by atoms with Gasteiger partial charge in [0.25, 0.3) is 0 Å². The molecule has 0 spiro atoms. The van der Waals surface area contributed by atoms with Crippen LogP contribution in [0.15, 0.2) is 0 Å². The molecule has 0 aromatic heterocycles. The predicted octanol–water partition coefficient (Wildman–Crippen LogP) is 2.12. The van der Waals surface area contributed by atoms with Gasteiger partial charge in [-0.1, -0.05) is 20.3 Å². The number of carboxylic acid groups (broad SMARTS) is 1. The van der Waals surface area contributed by atoms with E-state index in [1.54, 1.807) is 6.92 Å².